The summed E-state index contributed by atoms with van der Waals surface area (Å²) in [5, 5.41) is 9.11. The van der Waals surface area contributed by atoms with Crippen molar-refractivity contribution in [3.05, 3.63) is 58.4 Å². The van der Waals surface area contributed by atoms with Crippen LogP contribution in [-0.4, -0.2) is 21.4 Å². The van der Waals surface area contributed by atoms with Crippen molar-refractivity contribution in [3.63, 3.8) is 0 Å². The van der Waals surface area contributed by atoms with Gasteiger partial charge in [0.25, 0.3) is 0 Å². The highest BCUT2D eigenvalue weighted by Crippen LogP contribution is 2.14. The minimum Gasteiger partial charge on any atom is -0.477 e. The Morgan fingerprint density at radius 2 is 1.75 bits per heavy atom. The highest BCUT2D eigenvalue weighted by molar-refractivity contribution is 5.97. The predicted molar refractivity (Wildman–Crippen MR) is 76.4 cm³/mol. The molecule has 0 aliphatic carbocycles. The van der Waals surface area contributed by atoms with Crippen LogP contribution in [0.15, 0.2) is 30.3 Å². The summed E-state index contributed by atoms with van der Waals surface area (Å²) < 4.78 is 1.53. The van der Waals surface area contributed by atoms with Gasteiger partial charge in [-0.25, -0.2) is 4.79 Å². The topological polar surface area (TPSA) is 59.3 Å². The number of Topliss-reactive ketones (excluding diaryl/α,β-unsaturated/α-hetero) is 1. The second-order valence-corrected chi connectivity index (χ2v) is 4.97. The molecule has 0 saturated carbocycles. The zero-order chi connectivity index (χ0) is 14.9. The number of aromatic carboxylic acids is 1. The number of aromatic nitrogens is 1. The molecule has 0 spiro atoms. The normalized spacial score (nSPS) is 10.6. The lowest BCUT2D eigenvalue weighted by Crippen LogP contribution is -2.16. The predicted octanol–water partition coefficient (Wildman–Crippen LogP) is 2.99. The summed E-state index contributed by atoms with van der Waals surface area (Å²) >= 11 is 0. The van der Waals surface area contributed by atoms with Gasteiger partial charge in [0.05, 0.1) is 6.54 Å². The summed E-state index contributed by atoms with van der Waals surface area (Å²) in [5.41, 5.74) is 3.69. The van der Waals surface area contributed by atoms with Crippen molar-refractivity contribution < 1.29 is 14.7 Å². The van der Waals surface area contributed by atoms with Crippen molar-refractivity contribution in [3.8, 4) is 0 Å². The number of aryl methyl sites for hydroxylation is 3. The number of benzene rings is 1. The number of carbonyl (C=O) groups is 2. The van der Waals surface area contributed by atoms with E-state index in [1.807, 2.05) is 26.0 Å². The van der Waals surface area contributed by atoms with Gasteiger partial charge in [-0.15, -0.1) is 0 Å². The first-order chi connectivity index (χ1) is 9.40. The lowest BCUT2D eigenvalue weighted by molar-refractivity contribution is 0.0684. The van der Waals surface area contributed by atoms with E-state index >= 15 is 0 Å². The Morgan fingerprint density at radius 1 is 1.05 bits per heavy atom. The van der Waals surface area contributed by atoms with Crippen LogP contribution >= 0.6 is 0 Å². The lowest BCUT2D eigenvalue weighted by Gasteiger charge is -2.09. The average Bonchev–Trinajstić information content (AvgIpc) is 2.74. The Morgan fingerprint density at radius 3 is 2.35 bits per heavy atom. The third kappa shape index (κ3) is 2.64. The maximum absolute atomic E-state index is 12.3. The molecule has 2 aromatic rings. The maximum atomic E-state index is 12.3. The summed E-state index contributed by atoms with van der Waals surface area (Å²) in [6.45, 7) is 5.78. The van der Waals surface area contributed by atoms with Gasteiger partial charge in [0.15, 0.2) is 5.78 Å². The highest BCUT2D eigenvalue weighted by atomic mass is 16.4. The van der Waals surface area contributed by atoms with Gasteiger partial charge in [0.1, 0.15) is 5.69 Å². The fourth-order valence-electron chi connectivity index (χ4n) is 2.12. The van der Waals surface area contributed by atoms with Crippen molar-refractivity contribution >= 4 is 11.8 Å². The van der Waals surface area contributed by atoms with Gasteiger partial charge in [0.2, 0.25) is 0 Å². The molecule has 0 bridgehead atoms. The van der Waals surface area contributed by atoms with E-state index in [1.165, 1.54) is 10.6 Å². The second-order valence-electron chi connectivity index (χ2n) is 4.97. The van der Waals surface area contributed by atoms with Crippen LogP contribution in [0.4, 0.5) is 0 Å². The van der Waals surface area contributed by atoms with E-state index in [0.717, 1.165) is 16.8 Å². The third-order valence-electron chi connectivity index (χ3n) is 3.55. The smallest absolute Gasteiger partial charge is 0.352 e. The molecular formula is C16H17NO3. The molecule has 1 N–H and O–H groups in total. The fraction of sp³-hybridized carbons (Fsp3) is 0.250. The first kappa shape index (κ1) is 14.1. The molecular weight excluding hydrogens is 254 g/mol. The van der Waals surface area contributed by atoms with Gasteiger partial charge >= 0.3 is 5.97 Å². The van der Waals surface area contributed by atoms with E-state index < -0.39 is 5.97 Å². The van der Waals surface area contributed by atoms with Crippen molar-refractivity contribution in [2.24, 2.45) is 0 Å². The molecule has 4 heteroatoms. The molecule has 0 aliphatic heterocycles. The number of carboxylic acid groups (broad SMARTS) is 1. The molecule has 0 saturated heterocycles. The van der Waals surface area contributed by atoms with Crippen molar-refractivity contribution in [1.29, 1.82) is 0 Å². The molecule has 1 aromatic carbocycles. The molecule has 0 radical (unpaired) electrons. The minimum atomic E-state index is -1.02. The van der Waals surface area contributed by atoms with E-state index in [9.17, 15) is 9.59 Å². The summed E-state index contributed by atoms with van der Waals surface area (Å²) in [7, 11) is 0. The molecule has 1 heterocycles. The molecule has 0 unspecified atom stereocenters. The summed E-state index contributed by atoms with van der Waals surface area (Å²) in [4.78, 5) is 23.4. The number of hydrogen-bond donors (Lipinski definition) is 1. The lowest BCUT2D eigenvalue weighted by atomic mass is 10.0. The minimum absolute atomic E-state index is 0.0446. The largest absolute Gasteiger partial charge is 0.477 e. The molecule has 104 valence electrons. The van der Waals surface area contributed by atoms with Crippen LogP contribution in [0.1, 0.15) is 37.7 Å². The number of carbonyl (C=O) groups excluding carboxylic acids is 1. The molecule has 20 heavy (non-hydrogen) atoms. The molecule has 0 fully saturated rings. The maximum Gasteiger partial charge on any atom is 0.352 e. The van der Waals surface area contributed by atoms with Crippen LogP contribution in [0, 0.1) is 20.8 Å². The monoisotopic (exact) mass is 271 g/mol. The first-order valence-corrected chi connectivity index (χ1v) is 6.40. The van der Waals surface area contributed by atoms with Crippen LogP contribution < -0.4 is 0 Å². The highest BCUT2D eigenvalue weighted by Gasteiger charge is 2.15. The zero-order valence-electron chi connectivity index (χ0n) is 11.8. The van der Waals surface area contributed by atoms with Gasteiger partial charge in [-0.3, -0.25) is 4.79 Å². The van der Waals surface area contributed by atoms with Gasteiger partial charge in [-0.1, -0.05) is 12.1 Å². The van der Waals surface area contributed by atoms with Crippen LogP contribution in [0.3, 0.4) is 0 Å². The zero-order valence-corrected chi connectivity index (χ0v) is 11.8. The summed E-state index contributed by atoms with van der Waals surface area (Å²) in [6.07, 6.45) is 0. The van der Waals surface area contributed by atoms with E-state index in [-0.39, 0.29) is 18.0 Å². The van der Waals surface area contributed by atoms with Crippen molar-refractivity contribution in [2.45, 2.75) is 27.3 Å². The SMILES string of the molecule is Cc1ccc(C(=O)Cn2c(C)ccc2C(=O)O)cc1C. The number of hydrogen-bond acceptors (Lipinski definition) is 2. The van der Waals surface area contributed by atoms with Gasteiger partial charge < -0.3 is 9.67 Å². The van der Waals surface area contributed by atoms with Crippen molar-refractivity contribution in [1.82, 2.24) is 4.57 Å². The Bertz CT molecular complexity index is 683. The van der Waals surface area contributed by atoms with E-state index in [0.29, 0.717) is 5.56 Å². The third-order valence-corrected chi connectivity index (χ3v) is 3.55. The van der Waals surface area contributed by atoms with E-state index in [4.69, 9.17) is 5.11 Å². The molecule has 4 nitrogen and oxygen atoms in total. The summed E-state index contributed by atoms with van der Waals surface area (Å²) in [5.74, 6) is -1.11. The van der Waals surface area contributed by atoms with E-state index in [2.05, 4.69) is 0 Å². The number of rotatable bonds is 4. The van der Waals surface area contributed by atoms with Crippen LogP contribution in [0.25, 0.3) is 0 Å². The van der Waals surface area contributed by atoms with Gasteiger partial charge in [-0.05, 0) is 50.1 Å². The Kier molecular flexibility index (Phi) is 3.74. The van der Waals surface area contributed by atoms with Crippen LogP contribution in [0.2, 0.25) is 0 Å². The van der Waals surface area contributed by atoms with E-state index in [1.54, 1.807) is 19.1 Å². The Hall–Kier alpha value is -2.36. The Balaban J connectivity index is 2.30. The average molecular weight is 271 g/mol. The standard InChI is InChI=1S/C16H17NO3/c1-10-4-6-13(8-11(10)2)15(18)9-17-12(3)5-7-14(17)16(19)20/h4-8H,9H2,1-3H3,(H,19,20). The molecule has 0 atom stereocenters. The molecule has 0 aliphatic rings. The Labute approximate surface area is 117 Å². The quantitative estimate of drug-likeness (QED) is 0.870. The molecule has 0 amide bonds. The number of ketones is 1. The fourth-order valence-corrected chi connectivity index (χ4v) is 2.12. The first-order valence-electron chi connectivity index (χ1n) is 6.40. The van der Waals surface area contributed by atoms with Crippen LogP contribution in [-0.2, 0) is 6.54 Å². The number of carboxylic acids is 1. The van der Waals surface area contributed by atoms with Crippen LogP contribution in [0.5, 0.6) is 0 Å². The molecule has 1 aromatic heterocycles. The van der Waals surface area contributed by atoms with Crippen molar-refractivity contribution in [2.75, 3.05) is 0 Å². The number of nitrogens with zero attached hydrogens (tertiary/aromatic N) is 1. The summed E-state index contributed by atoms with van der Waals surface area (Å²) in [6, 6.07) is 8.76. The second kappa shape index (κ2) is 5.33. The molecule has 2 rings (SSSR count). The van der Waals surface area contributed by atoms with Gasteiger partial charge in [0, 0.05) is 11.3 Å². The van der Waals surface area contributed by atoms with Gasteiger partial charge in [-0.2, -0.15) is 0 Å².